The number of nitrogens with one attached hydrogen (secondary N) is 1. The Morgan fingerprint density at radius 1 is 1.18 bits per heavy atom. The second-order valence-corrected chi connectivity index (χ2v) is 4.94. The van der Waals surface area contributed by atoms with Crippen LogP contribution in [0.5, 0.6) is 0 Å². The topological polar surface area (TPSA) is 17.0 Å². The van der Waals surface area contributed by atoms with Crippen LogP contribution < -0.4 is 5.32 Å². The fourth-order valence-electron chi connectivity index (χ4n) is 1.95. The molecule has 0 radical (unpaired) electrons. The van der Waals surface area contributed by atoms with Crippen molar-refractivity contribution in [2.24, 2.45) is 0 Å². The van der Waals surface area contributed by atoms with Gasteiger partial charge in [-0.2, -0.15) is 0 Å². The summed E-state index contributed by atoms with van der Waals surface area (Å²) in [5.74, 6) is 0. The van der Waals surface area contributed by atoms with Crippen molar-refractivity contribution in [2.45, 2.75) is 25.4 Å². The summed E-state index contributed by atoms with van der Waals surface area (Å²) < 4.78 is 2.20. The number of aromatic nitrogens is 1. The molecule has 0 atom stereocenters. The Morgan fingerprint density at radius 3 is 2.65 bits per heavy atom. The highest BCUT2D eigenvalue weighted by atomic mass is 35.5. The predicted octanol–water partition coefficient (Wildman–Crippen LogP) is 3.38. The van der Waals surface area contributed by atoms with Gasteiger partial charge in [0.25, 0.3) is 0 Å². The third-order valence-electron chi connectivity index (χ3n) is 3.09. The lowest BCUT2D eigenvalue weighted by Crippen LogP contribution is -2.17. The molecule has 2 aromatic rings. The van der Waals surface area contributed by atoms with E-state index in [9.17, 15) is 0 Å². The molecule has 1 aliphatic carbocycles. The molecule has 3 rings (SSSR count). The highest BCUT2D eigenvalue weighted by Gasteiger charge is 2.20. The van der Waals surface area contributed by atoms with E-state index in [4.69, 9.17) is 11.6 Å². The van der Waals surface area contributed by atoms with Gasteiger partial charge in [-0.25, -0.2) is 0 Å². The summed E-state index contributed by atoms with van der Waals surface area (Å²) in [6.45, 7) is 0.931. The first kappa shape index (κ1) is 10.9. The van der Waals surface area contributed by atoms with E-state index in [1.807, 2.05) is 24.3 Å². The van der Waals surface area contributed by atoms with Crippen LogP contribution in [0.4, 0.5) is 0 Å². The van der Waals surface area contributed by atoms with Crippen molar-refractivity contribution >= 4 is 11.6 Å². The minimum Gasteiger partial charge on any atom is -0.320 e. The minimum absolute atomic E-state index is 0.739. The van der Waals surface area contributed by atoms with Gasteiger partial charge in [0, 0.05) is 35.2 Å². The zero-order valence-corrected chi connectivity index (χ0v) is 10.3. The number of hydrogen-bond donors (Lipinski definition) is 1. The molecular formula is C14H15ClN2. The molecular weight excluding hydrogens is 232 g/mol. The average Bonchev–Trinajstić information content (AvgIpc) is 3.06. The van der Waals surface area contributed by atoms with E-state index in [1.165, 1.54) is 18.5 Å². The molecule has 1 aliphatic rings. The van der Waals surface area contributed by atoms with Gasteiger partial charge in [-0.05, 0) is 49.2 Å². The largest absolute Gasteiger partial charge is 0.320 e. The number of nitrogens with zero attached hydrogens (tertiary/aromatic N) is 1. The summed E-state index contributed by atoms with van der Waals surface area (Å²) in [7, 11) is 0. The van der Waals surface area contributed by atoms with E-state index in [1.54, 1.807) is 0 Å². The maximum atomic E-state index is 5.90. The maximum Gasteiger partial charge on any atom is 0.0453 e. The molecule has 0 unspecified atom stereocenters. The molecule has 0 spiro atoms. The lowest BCUT2D eigenvalue weighted by atomic mass is 10.3. The normalized spacial score (nSPS) is 15.1. The minimum atomic E-state index is 0.739. The highest BCUT2D eigenvalue weighted by Crippen LogP contribution is 2.20. The van der Waals surface area contributed by atoms with Gasteiger partial charge in [-0.15, -0.1) is 0 Å². The van der Waals surface area contributed by atoms with Gasteiger partial charge in [0.05, 0.1) is 0 Å². The molecule has 17 heavy (non-hydrogen) atoms. The van der Waals surface area contributed by atoms with Gasteiger partial charge in [0.15, 0.2) is 0 Å². The van der Waals surface area contributed by atoms with Gasteiger partial charge in [0.1, 0.15) is 0 Å². The molecule has 1 aromatic carbocycles. The molecule has 1 fully saturated rings. The van der Waals surface area contributed by atoms with Gasteiger partial charge in [-0.1, -0.05) is 11.6 Å². The molecule has 1 aromatic heterocycles. The van der Waals surface area contributed by atoms with Crippen LogP contribution in [0.1, 0.15) is 18.5 Å². The van der Waals surface area contributed by atoms with Crippen LogP contribution in [-0.2, 0) is 6.54 Å². The summed E-state index contributed by atoms with van der Waals surface area (Å²) in [5, 5.41) is 4.31. The SMILES string of the molecule is Clc1ccc(-n2cccc2CNC2CC2)cc1. The first-order valence-electron chi connectivity index (χ1n) is 5.98. The second-order valence-electron chi connectivity index (χ2n) is 4.50. The van der Waals surface area contributed by atoms with Gasteiger partial charge in [0.2, 0.25) is 0 Å². The molecule has 1 N–H and O–H groups in total. The van der Waals surface area contributed by atoms with Crippen molar-refractivity contribution in [1.82, 2.24) is 9.88 Å². The Balaban J connectivity index is 1.81. The van der Waals surface area contributed by atoms with Crippen LogP contribution in [0.3, 0.4) is 0 Å². The van der Waals surface area contributed by atoms with Crippen LogP contribution >= 0.6 is 11.6 Å². The molecule has 1 heterocycles. The molecule has 88 valence electrons. The van der Waals surface area contributed by atoms with Crippen molar-refractivity contribution in [3.63, 3.8) is 0 Å². The van der Waals surface area contributed by atoms with E-state index in [0.717, 1.165) is 23.3 Å². The Morgan fingerprint density at radius 2 is 1.94 bits per heavy atom. The zero-order chi connectivity index (χ0) is 11.7. The predicted molar refractivity (Wildman–Crippen MR) is 70.6 cm³/mol. The highest BCUT2D eigenvalue weighted by molar-refractivity contribution is 6.30. The van der Waals surface area contributed by atoms with E-state index in [0.29, 0.717) is 0 Å². The third-order valence-corrected chi connectivity index (χ3v) is 3.34. The monoisotopic (exact) mass is 246 g/mol. The van der Waals surface area contributed by atoms with Crippen molar-refractivity contribution in [2.75, 3.05) is 0 Å². The Hall–Kier alpha value is -1.25. The van der Waals surface area contributed by atoms with Crippen molar-refractivity contribution in [3.05, 3.63) is 53.3 Å². The van der Waals surface area contributed by atoms with Crippen LogP contribution in [0.25, 0.3) is 5.69 Å². The summed E-state index contributed by atoms with van der Waals surface area (Å²) in [6.07, 6.45) is 4.73. The van der Waals surface area contributed by atoms with Crippen LogP contribution in [0.15, 0.2) is 42.6 Å². The first-order valence-corrected chi connectivity index (χ1v) is 6.36. The number of halogens is 1. The number of rotatable bonds is 4. The van der Waals surface area contributed by atoms with Crippen LogP contribution in [0, 0.1) is 0 Å². The maximum absolute atomic E-state index is 5.90. The zero-order valence-electron chi connectivity index (χ0n) is 9.57. The molecule has 1 saturated carbocycles. The van der Waals surface area contributed by atoms with E-state index in [-0.39, 0.29) is 0 Å². The molecule has 3 heteroatoms. The Bertz CT molecular complexity index is 497. The molecule has 0 bridgehead atoms. The van der Waals surface area contributed by atoms with Crippen molar-refractivity contribution < 1.29 is 0 Å². The van der Waals surface area contributed by atoms with Crippen LogP contribution in [0.2, 0.25) is 5.02 Å². The smallest absolute Gasteiger partial charge is 0.0453 e. The lowest BCUT2D eigenvalue weighted by molar-refractivity contribution is 0.665. The Labute approximate surface area is 106 Å². The van der Waals surface area contributed by atoms with Gasteiger partial charge < -0.3 is 9.88 Å². The molecule has 2 nitrogen and oxygen atoms in total. The number of benzene rings is 1. The average molecular weight is 247 g/mol. The van der Waals surface area contributed by atoms with E-state index in [2.05, 4.69) is 28.2 Å². The first-order chi connectivity index (χ1) is 8.33. The summed E-state index contributed by atoms with van der Waals surface area (Å²) in [6, 6.07) is 12.9. The summed E-state index contributed by atoms with van der Waals surface area (Å²) in [4.78, 5) is 0. The molecule has 0 saturated heterocycles. The second kappa shape index (κ2) is 4.55. The summed E-state index contributed by atoms with van der Waals surface area (Å²) in [5.41, 5.74) is 2.45. The molecule has 0 amide bonds. The third kappa shape index (κ3) is 2.54. The fraction of sp³-hybridized carbons (Fsp3) is 0.286. The van der Waals surface area contributed by atoms with Crippen LogP contribution in [-0.4, -0.2) is 10.6 Å². The standard InChI is InChI=1S/C14H15ClN2/c15-11-3-7-13(8-4-11)17-9-1-2-14(17)10-16-12-5-6-12/h1-4,7-9,12,16H,5-6,10H2. The number of hydrogen-bond acceptors (Lipinski definition) is 1. The van der Waals surface area contributed by atoms with Gasteiger partial charge in [-0.3, -0.25) is 0 Å². The Kier molecular flexibility index (Phi) is 2.91. The van der Waals surface area contributed by atoms with Crippen molar-refractivity contribution in [3.8, 4) is 5.69 Å². The summed E-state index contributed by atoms with van der Waals surface area (Å²) >= 11 is 5.90. The molecule has 0 aliphatic heterocycles. The quantitative estimate of drug-likeness (QED) is 0.875. The lowest BCUT2D eigenvalue weighted by Gasteiger charge is -2.10. The van der Waals surface area contributed by atoms with E-state index >= 15 is 0 Å². The fourth-order valence-corrected chi connectivity index (χ4v) is 2.08. The van der Waals surface area contributed by atoms with Crippen molar-refractivity contribution in [1.29, 1.82) is 0 Å². The van der Waals surface area contributed by atoms with E-state index < -0.39 is 0 Å². The van der Waals surface area contributed by atoms with Gasteiger partial charge >= 0.3 is 0 Å².